The number of aryl methyl sites for hydroxylation is 2. The lowest BCUT2D eigenvalue weighted by Crippen LogP contribution is -2.42. The first kappa shape index (κ1) is 18.9. The third kappa shape index (κ3) is 3.16. The molecular formula is C24H25N3O3. The Bertz CT molecular complexity index is 1210. The van der Waals surface area contributed by atoms with Gasteiger partial charge in [-0.2, -0.15) is 0 Å². The molecule has 0 radical (unpaired) electrons. The second-order valence-corrected chi connectivity index (χ2v) is 8.34. The Kier molecular flexibility index (Phi) is 4.57. The van der Waals surface area contributed by atoms with Gasteiger partial charge in [0.2, 0.25) is 0 Å². The number of aromatic nitrogens is 2. The number of carbonyl (C=O) groups excluding carboxylic acids is 1. The first-order valence-corrected chi connectivity index (χ1v) is 10.6. The zero-order chi connectivity index (χ0) is 20.8. The Morgan fingerprint density at radius 1 is 1.13 bits per heavy atom. The van der Waals surface area contributed by atoms with Crippen molar-refractivity contribution in [1.82, 2.24) is 9.55 Å². The second-order valence-electron chi connectivity index (χ2n) is 8.34. The molecule has 2 aromatic carbocycles. The first-order valence-electron chi connectivity index (χ1n) is 10.6. The average molecular weight is 403 g/mol. The number of fused-ring (bicyclic) bond motifs is 3. The summed E-state index contributed by atoms with van der Waals surface area (Å²) in [7, 11) is 0. The van der Waals surface area contributed by atoms with E-state index < -0.39 is 0 Å². The van der Waals surface area contributed by atoms with Crippen LogP contribution in [0.15, 0.2) is 41.2 Å². The predicted molar refractivity (Wildman–Crippen MR) is 117 cm³/mol. The third-order valence-electron chi connectivity index (χ3n) is 5.98. The molecule has 1 aromatic heterocycles. The fraction of sp³-hybridized carbons (Fsp3) is 0.375. The molecule has 3 aromatic rings. The average Bonchev–Trinajstić information content (AvgIpc) is 2.98. The highest BCUT2D eigenvalue weighted by molar-refractivity contribution is 6.08. The molecule has 6 heteroatoms. The number of anilines is 1. The Balaban J connectivity index is 1.58. The van der Waals surface area contributed by atoms with Crippen LogP contribution in [-0.4, -0.2) is 28.1 Å². The van der Waals surface area contributed by atoms with E-state index in [1.807, 2.05) is 32.0 Å². The minimum atomic E-state index is -0.101. The van der Waals surface area contributed by atoms with Gasteiger partial charge in [0.25, 0.3) is 11.5 Å². The van der Waals surface area contributed by atoms with Crippen LogP contribution in [0, 0.1) is 6.92 Å². The van der Waals surface area contributed by atoms with Crippen LogP contribution in [0.4, 0.5) is 5.69 Å². The number of ether oxygens (including phenoxy) is 1. The van der Waals surface area contributed by atoms with Gasteiger partial charge in [0.05, 0.1) is 23.1 Å². The normalized spacial score (nSPS) is 18.3. The quantitative estimate of drug-likeness (QED) is 0.619. The lowest BCUT2D eigenvalue weighted by atomic mass is 10.1. The van der Waals surface area contributed by atoms with Crippen molar-refractivity contribution in [1.29, 1.82) is 0 Å². The number of hydrogen-bond donors (Lipinski definition) is 0. The Labute approximate surface area is 175 Å². The predicted octanol–water partition coefficient (Wildman–Crippen LogP) is 3.86. The highest BCUT2D eigenvalue weighted by Crippen LogP contribution is 2.35. The summed E-state index contributed by atoms with van der Waals surface area (Å²) in [6.45, 7) is 5.16. The maximum absolute atomic E-state index is 13.5. The van der Waals surface area contributed by atoms with Crippen molar-refractivity contribution < 1.29 is 9.53 Å². The minimum Gasteiger partial charge on any atom is -0.487 e. The maximum Gasteiger partial charge on any atom is 0.261 e. The van der Waals surface area contributed by atoms with Crippen LogP contribution < -0.4 is 15.2 Å². The lowest BCUT2D eigenvalue weighted by molar-refractivity contribution is 0.0961. The van der Waals surface area contributed by atoms with Gasteiger partial charge in [-0.3, -0.25) is 14.2 Å². The third-order valence-corrected chi connectivity index (χ3v) is 5.98. The van der Waals surface area contributed by atoms with Crippen LogP contribution in [0.5, 0.6) is 5.75 Å². The monoisotopic (exact) mass is 403 g/mol. The van der Waals surface area contributed by atoms with E-state index in [2.05, 4.69) is 0 Å². The highest BCUT2D eigenvalue weighted by Gasteiger charge is 2.29. The molecule has 1 unspecified atom stereocenters. The second kappa shape index (κ2) is 7.27. The van der Waals surface area contributed by atoms with E-state index in [0.717, 1.165) is 55.1 Å². The van der Waals surface area contributed by atoms with E-state index >= 15 is 0 Å². The van der Waals surface area contributed by atoms with Crippen molar-refractivity contribution in [3.05, 3.63) is 63.7 Å². The van der Waals surface area contributed by atoms with E-state index in [0.29, 0.717) is 23.0 Å². The molecular weight excluding hydrogens is 378 g/mol. The summed E-state index contributed by atoms with van der Waals surface area (Å²) >= 11 is 0. The summed E-state index contributed by atoms with van der Waals surface area (Å²) in [5, 5.41) is 0.573. The van der Waals surface area contributed by atoms with Crippen molar-refractivity contribution in [2.45, 2.75) is 52.2 Å². The van der Waals surface area contributed by atoms with Gasteiger partial charge < -0.3 is 9.64 Å². The molecule has 0 saturated heterocycles. The summed E-state index contributed by atoms with van der Waals surface area (Å²) in [4.78, 5) is 33.0. The standard InChI is InChI=1S/C24H25N3O3/c1-15-7-10-21-20(12-15)27(14-16(2)30-21)23(28)17-8-9-18-19(13-17)25-22-6-4-3-5-11-26(22)24(18)29/h7-10,12-13,16H,3-6,11,14H2,1-2H3. The summed E-state index contributed by atoms with van der Waals surface area (Å²) in [6, 6.07) is 11.1. The summed E-state index contributed by atoms with van der Waals surface area (Å²) in [5.74, 6) is 1.45. The van der Waals surface area contributed by atoms with Crippen LogP contribution in [-0.2, 0) is 13.0 Å². The molecule has 1 amide bonds. The van der Waals surface area contributed by atoms with Gasteiger partial charge >= 0.3 is 0 Å². The number of rotatable bonds is 1. The lowest BCUT2D eigenvalue weighted by Gasteiger charge is -2.33. The number of nitrogens with zero attached hydrogens (tertiary/aromatic N) is 3. The Morgan fingerprint density at radius 2 is 2.00 bits per heavy atom. The number of carbonyl (C=O) groups is 1. The summed E-state index contributed by atoms with van der Waals surface area (Å²) in [6.07, 6.45) is 3.86. The molecule has 0 fully saturated rings. The van der Waals surface area contributed by atoms with Crippen molar-refractivity contribution in [2.75, 3.05) is 11.4 Å². The number of amides is 1. The summed E-state index contributed by atoms with van der Waals surface area (Å²) < 4.78 is 7.72. The molecule has 0 N–H and O–H groups in total. The SMILES string of the molecule is Cc1ccc2c(c1)N(C(=O)c1ccc3c(=O)n4c(nc3c1)CCCCC4)CC(C)O2. The molecule has 2 aliphatic rings. The molecule has 1 atom stereocenters. The van der Waals surface area contributed by atoms with E-state index in [1.54, 1.807) is 27.7 Å². The fourth-order valence-electron chi connectivity index (χ4n) is 4.45. The van der Waals surface area contributed by atoms with Crippen LogP contribution in [0.3, 0.4) is 0 Å². The van der Waals surface area contributed by atoms with Gasteiger partial charge in [-0.15, -0.1) is 0 Å². The van der Waals surface area contributed by atoms with E-state index in [4.69, 9.17) is 9.72 Å². The van der Waals surface area contributed by atoms with E-state index in [-0.39, 0.29) is 17.6 Å². The molecule has 154 valence electrons. The molecule has 30 heavy (non-hydrogen) atoms. The zero-order valence-electron chi connectivity index (χ0n) is 17.4. The van der Waals surface area contributed by atoms with Gasteiger partial charge in [0.15, 0.2) is 0 Å². The molecule has 0 spiro atoms. The zero-order valence-corrected chi connectivity index (χ0v) is 17.4. The molecule has 6 nitrogen and oxygen atoms in total. The molecule has 2 aliphatic heterocycles. The molecule has 0 saturated carbocycles. The molecule has 0 aliphatic carbocycles. The van der Waals surface area contributed by atoms with Gasteiger partial charge in [-0.25, -0.2) is 4.98 Å². The van der Waals surface area contributed by atoms with Crippen LogP contribution >= 0.6 is 0 Å². The van der Waals surface area contributed by atoms with E-state index in [1.165, 1.54) is 0 Å². The van der Waals surface area contributed by atoms with E-state index in [9.17, 15) is 9.59 Å². The van der Waals surface area contributed by atoms with Crippen molar-refractivity contribution in [2.24, 2.45) is 0 Å². The largest absolute Gasteiger partial charge is 0.487 e. The Hall–Kier alpha value is -3.15. The topological polar surface area (TPSA) is 64.4 Å². The van der Waals surface area contributed by atoms with Crippen LogP contribution in [0.2, 0.25) is 0 Å². The number of hydrogen-bond acceptors (Lipinski definition) is 4. The molecule has 0 bridgehead atoms. The van der Waals surface area contributed by atoms with Crippen molar-refractivity contribution in [3.8, 4) is 5.75 Å². The van der Waals surface area contributed by atoms with Crippen LogP contribution in [0.1, 0.15) is 47.9 Å². The smallest absolute Gasteiger partial charge is 0.261 e. The van der Waals surface area contributed by atoms with Crippen molar-refractivity contribution in [3.63, 3.8) is 0 Å². The van der Waals surface area contributed by atoms with Gasteiger partial charge in [0.1, 0.15) is 17.7 Å². The summed E-state index contributed by atoms with van der Waals surface area (Å²) in [5.41, 5.74) is 2.99. The van der Waals surface area contributed by atoms with Crippen molar-refractivity contribution >= 4 is 22.5 Å². The molecule has 5 rings (SSSR count). The minimum absolute atomic E-state index is 0.00290. The van der Waals surface area contributed by atoms with Crippen LogP contribution in [0.25, 0.3) is 10.9 Å². The molecule has 3 heterocycles. The highest BCUT2D eigenvalue weighted by atomic mass is 16.5. The number of benzene rings is 2. The van der Waals surface area contributed by atoms with Gasteiger partial charge in [-0.05, 0) is 62.6 Å². The van der Waals surface area contributed by atoms with Gasteiger partial charge in [-0.1, -0.05) is 12.5 Å². The maximum atomic E-state index is 13.5. The van der Waals surface area contributed by atoms with Gasteiger partial charge in [0, 0.05) is 18.5 Å². The Morgan fingerprint density at radius 3 is 2.87 bits per heavy atom. The first-order chi connectivity index (χ1) is 14.5. The fourth-order valence-corrected chi connectivity index (χ4v) is 4.45.